The molecule has 3 aromatic rings. The van der Waals surface area contributed by atoms with E-state index >= 15 is 0 Å². The van der Waals surface area contributed by atoms with Crippen LogP contribution in [-0.2, 0) is 17.8 Å². The van der Waals surface area contributed by atoms with E-state index in [4.69, 9.17) is 9.84 Å². The molecule has 1 aliphatic rings. The number of carboxylic acid groups (broad SMARTS) is 1. The van der Waals surface area contributed by atoms with Crippen molar-refractivity contribution in [1.82, 2.24) is 4.98 Å². The van der Waals surface area contributed by atoms with Gasteiger partial charge in [0.2, 0.25) is 0 Å². The number of fused-ring (bicyclic) bond motifs is 2. The first kappa shape index (κ1) is 16.3. The second-order valence-corrected chi connectivity index (χ2v) is 6.46. The van der Waals surface area contributed by atoms with Gasteiger partial charge in [0.25, 0.3) is 0 Å². The fourth-order valence-corrected chi connectivity index (χ4v) is 3.41. The van der Waals surface area contributed by atoms with Crippen LogP contribution in [0.15, 0.2) is 60.7 Å². The Kier molecular flexibility index (Phi) is 4.40. The molecule has 0 fully saturated rings. The second-order valence-electron chi connectivity index (χ2n) is 6.46. The zero-order valence-corrected chi connectivity index (χ0v) is 14.3. The molecule has 0 bridgehead atoms. The van der Waals surface area contributed by atoms with E-state index in [1.165, 1.54) is 11.6 Å². The number of carboxylic acids is 1. The Labute approximate surface area is 151 Å². The number of para-hydroxylation sites is 1. The molecule has 4 rings (SSSR count). The summed E-state index contributed by atoms with van der Waals surface area (Å²) >= 11 is 0. The molecule has 0 amide bonds. The topological polar surface area (TPSA) is 59.4 Å². The molecule has 2 aromatic carbocycles. The Morgan fingerprint density at radius 2 is 2.00 bits per heavy atom. The van der Waals surface area contributed by atoms with Crippen LogP contribution >= 0.6 is 0 Å². The summed E-state index contributed by atoms with van der Waals surface area (Å²) in [6.45, 7) is 0.377. The molecule has 1 aliphatic carbocycles. The third-order valence-corrected chi connectivity index (χ3v) is 4.66. The maximum Gasteiger partial charge on any atom is 0.328 e. The summed E-state index contributed by atoms with van der Waals surface area (Å²) in [5, 5.41) is 10.2. The fraction of sp³-hybridized carbons (Fsp3) is 0.182. The number of aliphatic carboxylic acids is 1. The SMILES string of the molecule is O=C(O)/C=C1\CCCc2ccc(OCc3ccc4ccccc4n3)cc21. The minimum absolute atomic E-state index is 0.377. The number of pyridine rings is 1. The standard InChI is InChI=1S/C22H19NO3/c24-22(25)12-17-6-3-5-15-9-11-19(13-20(15)17)26-14-18-10-8-16-4-1-2-7-21(16)23-18/h1-2,4,7-13H,3,5-6,14H2,(H,24,25)/b17-12+. The van der Waals surface area contributed by atoms with Crippen molar-refractivity contribution < 1.29 is 14.6 Å². The highest BCUT2D eigenvalue weighted by Gasteiger charge is 2.16. The Balaban J connectivity index is 1.56. The summed E-state index contributed by atoms with van der Waals surface area (Å²) in [6, 6.07) is 17.9. The van der Waals surface area contributed by atoms with Crippen molar-refractivity contribution in [2.24, 2.45) is 0 Å². The molecule has 0 aliphatic heterocycles. The van der Waals surface area contributed by atoms with Gasteiger partial charge in [-0.25, -0.2) is 9.78 Å². The van der Waals surface area contributed by atoms with Gasteiger partial charge in [0, 0.05) is 11.5 Å². The largest absolute Gasteiger partial charge is 0.487 e. The minimum atomic E-state index is -0.903. The molecule has 0 unspecified atom stereocenters. The highest BCUT2D eigenvalue weighted by molar-refractivity contribution is 5.91. The zero-order valence-electron chi connectivity index (χ0n) is 14.3. The average molecular weight is 345 g/mol. The number of nitrogens with zero attached hydrogens (tertiary/aromatic N) is 1. The van der Waals surface area contributed by atoms with E-state index in [0.717, 1.165) is 52.7 Å². The number of aryl methyl sites for hydroxylation is 1. The van der Waals surface area contributed by atoms with E-state index in [-0.39, 0.29) is 0 Å². The van der Waals surface area contributed by atoms with E-state index in [2.05, 4.69) is 4.98 Å². The number of benzene rings is 2. The molecule has 4 heteroatoms. The molecule has 0 saturated heterocycles. The second kappa shape index (κ2) is 7.00. The molecule has 1 N–H and O–H groups in total. The maximum absolute atomic E-state index is 11.1. The van der Waals surface area contributed by atoms with E-state index in [0.29, 0.717) is 6.61 Å². The lowest BCUT2D eigenvalue weighted by atomic mass is 9.87. The van der Waals surface area contributed by atoms with Crippen molar-refractivity contribution in [2.75, 3.05) is 0 Å². The molecule has 1 heterocycles. The molecule has 0 spiro atoms. The highest BCUT2D eigenvalue weighted by Crippen LogP contribution is 2.33. The van der Waals surface area contributed by atoms with Crippen molar-refractivity contribution in [1.29, 1.82) is 0 Å². The molecular formula is C22H19NO3. The summed E-state index contributed by atoms with van der Waals surface area (Å²) in [6.07, 6.45) is 4.05. The van der Waals surface area contributed by atoms with Gasteiger partial charge in [-0.15, -0.1) is 0 Å². The number of rotatable bonds is 4. The van der Waals surface area contributed by atoms with E-state index in [9.17, 15) is 4.79 Å². The van der Waals surface area contributed by atoms with Gasteiger partial charge in [-0.1, -0.05) is 30.3 Å². The van der Waals surface area contributed by atoms with Crippen LogP contribution in [0.3, 0.4) is 0 Å². The molecule has 0 saturated carbocycles. The third kappa shape index (κ3) is 3.45. The van der Waals surface area contributed by atoms with Gasteiger partial charge < -0.3 is 9.84 Å². The van der Waals surface area contributed by atoms with Crippen molar-refractivity contribution in [2.45, 2.75) is 25.9 Å². The number of aromatic nitrogens is 1. The Morgan fingerprint density at radius 1 is 1.12 bits per heavy atom. The quantitative estimate of drug-likeness (QED) is 0.701. The summed E-state index contributed by atoms with van der Waals surface area (Å²) in [5.74, 6) is -0.170. The van der Waals surface area contributed by atoms with Crippen molar-refractivity contribution in [3.8, 4) is 5.75 Å². The predicted molar refractivity (Wildman–Crippen MR) is 101 cm³/mol. The molecular weight excluding hydrogens is 326 g/mol. The molecule has 4 nitrogen and oxygen atoms in total. The lowest BCUT2D eigenvalue weighted by Crippen LogP contribution is -2.05. The molecule has 0 atom stereocenters. The lowest BCUT2D eigenvalue weighted by Gasteiger charge is -2.19. The molecule has 0 radical (unpaired) electrons. The average Bonchev–Trinajstić information content (AvgIpc) is 2.66. The van der Waals surface area contributed by atoms with Crippen LogP contribution in [0.5, 0.6) is 5.75 Å². The van der Waals surface area contributed by atoms with Crippen molar-refractivity contribution in [3.63, 3.8) is 0 Å². The van der Waals surface area contributed by atoms with E-state index in [1.807, 2.05) is 54.6 Å². The third-order valence-electron chi connectivity index (χ3n) is 4.66. The summed E-state index contributed by atoms with van der Waals surface area (Å²) in [7, 11) is 0. The summed E-state index contributed by atoms with van der Waals surface area (Å²) in [5.41, 5.74) is 4.85. The fourth-order valence-electron chi connectivity index (χ4n) is 3.41. The predicted octanol–water partition coefficient (Wildman–Crippen LogP) is 4.62. The van der Waals surface area contributed by atoms with E-state index in [1.54, 1.807) is 0 Å². The van der Waals surface area contributed by atoms with Crippen LogP contribution in [0.1, 0.15) is 29.7 Å². The zero-order chi connectivity index (χ0) is 17.9. The lowest BCUT2D eigenvalue weighted by molar-refractivity contribution is -0.131. The molecule has 26 heavy (non-hydrogen) atoms. The van der Waals surface area contributed by atoms with Crippen LogP contribution in [-0.4, -0.2) is 16.1 Å². The minimum Gasteiger partial charge on any atom is -0.487 e. The smallest absolute Gasteiger partial charge is 0.328 e. The van der Waals surface area contributed by atoms with Crippen LogP contribution in [0.4, 0.5) is 0 Å². The molecule has 1 aromatic heterocycles. The highest BCUT2D eigenvalue weighted by atomic mass is 16.5. The Morgan fingerprint density at radius 3 is 2.88 bits per heavy atom. The van der Waals surface area contributed by atoms with Crippen LogP contribution < -0.4 is 4.74 Å². The number of hydrogen-bond donors (Lipinski definition) is 1. The summed E-state index contributed by atoms with van der Waals surface area (Å²) < 4.78 is 5.92. The van der Waals surface area contributed by atoms with Gasteiger partial charge in [-0.3, -0.25) is 0 Å². The first-order valence-corrected chi connectivity index (χ1v) is 8.73. The van der Waals surface area contributed by atoms with Gasteiger partial charge in [0.05, 0.1) is 11.2 Å². The van der Waals surface area contributed by atoms with Crippen LogP contribution in [0.25, 0.3) is 16.5 Å². The van der Waals surface area contributed by atoms with Crippen molar-refractivity contribution in [3.05, 3.63) is 77.5 Å². The molecule has 130 valence electrons. The van der Waals surface area contributed by atoms with Gasteiger partial charge in [0.15, 0.2) is 0 Å². The number of hydrogen-bond acceptors (Lipinski definition) is 3. The normalized spacial score (nSPS) is 15.0. The van der Waals surface area contributed by atoms with Gasteiger partial charge in [0.1, 0.15) is 12.4 Å². The van der Waals surface area contributed by atoms with Gasteiger partial charge in [-0.2, -0.15) is 0 Å². The number of allylic oxidation sites excluding steroid dienone is 1. The van der Waals surface area contributed by atoms with Crippen LogP contribution in [0, 0.1) is 0 Å². The first-order chi connectivity index (χ1) is 12.7. The number of ether oxygens (including phenoxy) is 1. The van der Waals surface area contributed by atoms with E-state index < -0.39 is 5.97 Å². The Bertz CT molecular complexity index is 1010. The summed E-state index contributed by atoms with van der Waals surface area (Å²) in [4.78, 5) is 15.7. The number of carbonyl (C=O) groups is 1. The maximum atomic E-state index is 11.1. The monoisotopic (exact) mass is 345 g/mol. The van der Waals surface area contributed by atoms with Gasteiger partial charge in [-0.05, 0) is 60.2 Å². The van der Waals surface area contributed by atoms with Crippen molar-refractivity contribution >= 4 is 22.4 Å². The Hall–Kier alpha value is -3.14. The first-order valence-electron chi connectivity index (χ1n) is 8.73. The van der Waals surface area contributed by atoms with Crippen LogP contribution in [0.2, 0.25) is 0 Å². The van der Waals surface area contributed by atoms with Gasteiger partial charge >= 0.3 is 5.97 Å².